The molecule has 0 saturated carbocycles. The summed E-state index contributed by atoms with van der Waals surface area (Å²) in [5.41, 5.74) is -1.13. The molecule has 0 aliphatic heterocycles. The normalized spacial score (nSPS) is 11.4. The van der Waals surface area contributed by atoms with Gasteiger partial charge in [0.1, 0.15) is 29.2 Å². The van der Waals surface area contributed by atoms with Gasteiger partial charge >= 0.3 is 6.18 Å². The monoisotopic (exact) mass is 538 g/mol. The van der Waals surface area contributed by atoms with E-state index in [0.29, 0.717) is 46.4 Å². The number of anilines is 3. The Balaban J connectivity index is 1.45. The molecule has 3 N–H and O–H groups in total. The first-order valence-electron chi connectivity index (χ1n) is 10.9. The number of aromatic nitrogens is 5. The van der Waals surface area contributed by atoms with Crippen molar-refractivity contribution in [1.82, 2.24) is 24.9 Å². The van der Waals surface area contributed by atoms with E-state index in [2.05, 4.69) is 35.6 Å². The molecule has 5 rings (SSSR count). The highest BCUT2D eigenvalue weighted by molar-refractivity contribution is 6.05. The zero-order chi connectivity index (χ0) is 27.7. The fraction of sp³-hybridized carbons (Fsp3) is 0.0417. The molecule has 196 valence electrons. The van der Waals surface area contributed by atoms with Crippen LogP contribution in [0.3, 0.4) is 0 Å². The number of imidazole rings is 1. The maximum atomic E-state index is 14.6. The van der Waals surface area contributed by atoms with Crippen LogP contribution in [0.2, 0.25) is 0 Å². The number of benzene rings is 2. The second-order valence-corrected chi connectivity index (χ2v) is 8.02. The highest BCUT2D eigenvalue weighted by Crippen LogP contribution is 2.34. The number of carbonyl (C=O) groups excluding carboxylic acids is 1. The number of alkyl halides is 3. The number of rotatable bonds is 6. The lowest BCUT2D eigenvalue weighted by Crippen LogP contribution is -2.15. The summed E-state index contributed by atoms with van der Waals surface area (Å²) in [6, 6.07) is 8.39. The number of nitro groups is 1. The number of carbonyl (C=O) groups is 1. The average molecular weight is 538 g/mol. The van der Waals surface area contributed by atoms with Crippen LogP contribution in [0.4, 0.5) is 40.4 Å². The fourth-order valence-electron chi connectivity index (χ4n) is 3.71. The molecular formula is C24H14F4N8O3. The number of non-ortho nitro benzene ring substituents is 1. The number of pyridine rings is 1. The molecule has 0 unspecified atom stereocenters. The molecule has 0 aliphatic rings. The third kappa shape index (κ3) is 5.18. The maximum absolute atomic E-state index is 14.6. The van der Waals surface area contributed by atoms with Crippen molar-refractivity contribution in [2.45, 2.75) is 6.18 Å². The molecule has 15 heteroatoms. The van der Waals surface area contributed by atoms with Crippen molar-refractivity contribution in [1.29, 1.82) is 0 Å². The number of fused-ring (bicyclic) bond motifs is 1. The van der Waals surface area contributed by atoms with Crippen LogP contribution in [0.1, 0.15) is 15.9 Å². The topological polar surface area (TPSA) is 152 Å². The van der Waals surface area contributed by atoms with Gasteiger partial charge in [-0.25, -0.2) is 24.3 Å². The predicted molar refractivity (Wildman–Crippen MR) is 131 cm³/mol. The van der Waals surface area contributed by atoms with Gasteiger partial charge in [-0.1, -0.05) is 0 Å². The van der Waals surface area contributed by atoms with Crippen LogP contribution < -0.4 is 10.6 Å². The summed E-state index contributed by atoms with van der Waals surface area (Å²) in [6.45, 7) is 0. The molecule has 0 spiro atoms. The van der Waals surface area contributed by atoms with E-state index in [4.69, 9.17) is 0 Å². The molecule has 5 aromatic rings. The molecule has 1 amide bonds. The molecule has 0 radical (unpaired) electrons. The third-order valence-electron chi connectivity index (χ3n) is 5.48. The molecular weight excluding hydrogens is 524 g/mol. The second-order valence-electron chi connectivity index (χ2n) is 8.02. The van der Waals surface area contributed by atoms with Gasteiger partial charge in [0.2, 0.25) is 0 Å². The van der Waals surface area contributed by atoms with Gasteiger partial charge in [0.05, 0.1) is 22.5 Å². The lowest BCUT2D eigenvalue weighted by molar-refractivity contribution is -0.385. The first-order chi connectivity index (χ1) is 18.6. The van der Waals surface area contributed by atoms with E-state index in [0.717, 1.165) is 6.07 Å². The van der Waals surface area contributed by atoms with E-state index in [1.54, 1.807) is 12.1 Å². The summed E-state index contributed by atoms with van der Waals surface area (Å²) in [5.74, 6) is -1.77. The van der Waals surface area contributed by atoms with Crippen LogP contribution in [-0.2, 0) is 6.18 Å². The van der Waals surface area contributed by atoms with Crippen molar-refractivity contribution >= 4 is 40.0 Å². The smallest absolute Gasteiger partial charge is 0.341 e. The van der Waals surface area contributed by atoms with E-state index in [9.17, 15) is 32.5 Å². The highest BCUT2D eigenvalue weighted by atomic mass is 19.4. The standard InChI is InChI=1S/C24H14F4N8O3/c25-17-4-3-14(34-21-16(2-1-5-29-21)19-20-22(32-10-30-19)33-11-31-20)9-18(17)35-23(37)12-6-13(24(26,27)28)8-15(7-12)36(38)39/h1-11H,(H,29,34)(H,35,37)(H,30,31,32,33). The lowest BCUT2D eigenvalue weighted by Gasteiger charge is -2.13. The van der Waals surface area contributed by atoms with Crippen LogP contribution in [0.15, 0.2) is 67.4 Å². The van der Waals surface area contributed by atoms with Crippen molar-refractivity contribution in [2.24, 2.45) is 0 Å². The van der Waals surface area contributed by atoms with Crippen molar-refractivity contribution in [3.05, 3.63) is 94.4 Å². The Hall–Kier alpha value is -5.47. The molecule has 11 nitrogen and oxygen atoms in total. The van der Waals surface area contributed by atoms with Crippen molar-refractivity contribution in [3.8, 4) is 11.3 Å². The SMILES string of the molecule is O=C(Nc1cc(Nc2ncccc2-c2ncnc3nc[nH]c23)ccc1F)c1cc([N+](=O)[O-])cc(C(F)(F)F)c1. The van der Waals surface area contributed by atoms with Crippen LogP contribution >= 0.6 is 0 Å². The van der Waals surface area contributed by atoms with Gasteiger partial charge in [-0.2, -0.15) is 13.2 Å². The third-order valence-corrected chi connectivity index (χ3v) is 5.48. The maximum Gasteiger partial charge on any atom is 0.416 e. The summed E-state index contributed by atoms with van der Waals surface area (Å²) in [4.78, 5) is 42.5. The Bertz CT molecular complexity index is 1740. The minimum atomic E-state index is -4.94. The number of H-pyrrole nitrogens is 1. The quantitative estimate of drug-likeness (QED) is 0.146. The van der Waals surface area contributed by atoms with Crippen molar-refractivity contribution in [2.75, 3.05) is 10.6 Å². The summed E-state index contributed by atoms with van der Waals surface area (Å²) < 4.78 is 54.2. The van der Waals surface area contributed by atoms with Crippen LogP contribution in [0, 0.1) is 15.9 Å². The molecule has 2 aromatic carbocycles. The first-order valence-corrected chi connectivity index (χ1v) is 10.9. The van der Waals surface area contributed by atoms with E-state index in [1.165, 1.54) is 31.0 Å². The Kier molecular flexibility index (Phi) is 6.31. The Morgan fingerprint density at radius 3 is 2.62 bits per heavy atom. The van der Waals surface area contributed by atoms with Gasteiger partial charge in [0.25, 0.3) is 11.6 Å². The van der Waals surface area contributed by atoms with Crippen LogP contribution in [0.25, 0.3) is 22.4 Å². The Morgan fingerprint density at radius 2 is 1.85 bits per heavy atom. The first kappa shape index (κ1) is 25.2. The van der Waals surface area contributed by atoms with Crippen LogP contribution in [-0.4, -0.2) is 35.8 Å². The number of nitrogens with one attached hydrogen (secondary N) is 3. The van der Waals surface area contributed by atoms with Gasteiger partial charge in [0.15, 0.2) is 5.65 Å². The molecule has 3 heterocycles. The minimum absolute atomic E-state index is 0.261. The number of amides is 1. The zero-order valence-electron chi connectivity index (χ0n) is 19.3. The van der Waals surface area contributed by atoms with Crippen LogP contribution in [0.5, 0.6) is 0 Å². The molecule has 0 bridgehead atoms. The Morgan fingerprint density at radius 1 is 1.03 bits per heavy atom. The number of nitro benzene ring substituents is 1. The number of hydrogen-bond donors (Lipinski definition) is 3. The van der Waals surface area contributed by atoms with Crippen molar-refractivity contribution in [3.63, 3.8) is 0 Å². The summed E-state index contributed by atoms with van der Waals surface area (Å²) >= 11 is 0. The van der Waals surface area contributed by atoms with E-state index < -0.39 is 39.6 Å². The van der Waals surface area contributed by atoms with E-state index >= 15 is 0 Å². The average Bonchev–Trinajstić information content (AvgIpc) is 3.39. The summed E-state index contributed by atoms with van der Waals surface area (Å²) in [7, 11) is 0. The summed E-state index contributed by atoms with van der Waals surface area (Å²) in [5, 5.41) is 16.3. The van der Waals surface area contributed by atoms with Gasteiger partial charge in [0, 0.05) is 35.1 Å². The zero-order valence-corrected chi connectivity index (χ0v) is 19.3. The molecule has 0 aliphatic carbocycles. The largest absolute Gasteiger partial charge is 0.416 e. The lowest BCUT2D eigenvalue weighted by atomic mass is 10.1. The molecule has 3 aromatic heterocycles. The predicted octanol–water partition coefficient (Wildman–Crippen LogP) is 5.48. The number of aromatic amines is 1. The molecule has 0 fully saturated rings. The fourth-order valence-corrected chi connectivity index (χ4v) is 3.71. The molecule has 0 atom stereocenters. The van der Waals surface area contributed by atoms with E-state index in [1.807, 2.05) is 0 Å². The second kappa shape index (κ2) is 9.77. The van der Waals surface area contributed by atoms with Gasteiger partial charge in [-0.15, -0.1) is 0 Å². The minimum Gasteiger partial charge on any atom is -0.341 e. The molecule has 0 saturated heterocycles. The number of hydrogen-bond acceptors (Lipinski definition) is 8. The van der Waals surface area contributed by atoms with Gasteiger partial charge in [-0.3, -0.25) is 14.9 Å². The van der Waals surface area contributed by atoms with Crippen molar-refractivity contribution < 1.29 is 27.3 Å². The number of halogens is 4. The number of nitrogens with zero attached hydrogens (tertiary/aromatic N) is 5. The van der Waals surface area contributed by atoms with Gasteiger partial charge in [-0.05, 0) is 36.4 Å². The van der Waals surface area contributed by atoms with E-state index in [-0.39, 0.29) is 11.4 Å². The highest BCUT2D eigenvalue weighted by Gasteiger charge is 2.33. The summed E-state index contributed by atoms with van der Waals surface area (Å²) in [6.07, 6.45) is -0.648. The Labute approximate surface area is 215 Å². The van der Waals surface area contributed by atoms with Gasteiger partial charge < -0.3 is 15.6 Å². The molecule has 39 heavy (non-hydrogen) atoms.